The number of nitrogens with one attached hydrogen (secondary N) is 1. The minimum atomic E-state index is -0.789. The Morgan fingerprint density at radius 3 is 2.62 bits per heavy atom. The average Bonchev–Trinajstić information content (AvgIpc) is 2.98. The lowest BCUT2D eigenvalue weighted by atomic mass is 10.1. The molecule has 2 N–H and O–H groups in total. The van der Waals surface area contributed by atoms with Crippen LogP contribution in [0.2, 0.25) is 0 Å². The van der Waals surface area contributed by atoms with Gasteiger partial charge in [0.25, 0.3) is 5.91 Å². The maximum atomic E-state index is 11.6. The number of carbonyl (C=O) groups is 1. The summed E-state index contributed by atoms with van der Waals surface area (Å²) < 4.78 is 10.6. The SMILES string of the molecule is Cc1cccc(C)c1OCC(O)CNC(=O)c1ccco1. The van der Waals surface area contributed by atoms with Gasteiger partial charge in [-0.2, -0.15) is 0 Å². The van der Waals surface area contributed by atoms with E-state index in [1.54, 1.807) is 12.1 Å². The van der Waals surface area contributed by atoms with Crippen LogP contribution in [0.3, 0.4) is 0 Å². The highest BCUT2D eigenvalue weighted by atomic mass is 16.5. The molecule has 1 aromatic heterocycles. The number of aliphatic hydroxyl groups excluding tert-OH is 1. The van der Waals surface area contributed by atoms with Crippen molar-refractivity contribution in [3.05, 3.63) is 53.5 Å². The summed E-state index contributed by atoms with van der Waals surface area (Å²) >= 11 is 0. The van der Waals surface area contributed by atoms with Gasteiger partial charge in [-0.25, -0.2) is 0 Å². The molecule has 0 radical (unpaired) electrons. The first-order valence-corrected chi connectivity index (χ1v) is 6.76. The van der Waals surface area contributed by atoms with Crippen LogP contribution in [0.5, 0.6) is 5.75 Å². The average molecular weight is 289 g/mol. The van der Waals surface area contributed by atoms with Crippen molar-refractivity contribution in [3.63, 3.8) is 0 Å². The predicted molar refractivity (Wildman–Crippen MR) is 78.5 cm³/mol. The van der Waals surface area contributed by atoms with Gasteiger partial charge in [0.15, 0.2) is 5.76 Å². The van der Waals surface area contributed by atoms with Crippen LogP contribution < -0.4 is 10.1 Å². The Bertz CT molecular complexity index is 572. The number of aliphatic hydroxyl groups is 1. The van der Waals surface area contributed by atoms with E-state index >= 15 is 0 Å². The zero-order valence-corrected chi connectivity index (χ0v) is 12.1. The molecule has 2 aromatic rings. The number of furan rings is 1. The fourth-order valence-corrected chi connectivity index (χ4v) is 1.97. The lowest BCUT2D eigenvalue weighted by molar-refractivity contribution is 0.0820. The molecular weight excluding hydrogens is 270 g/mol. The third kappa shape index (κ3) is 4.10. The van der Waals surface area contributed by atoms with Gasteiger partial charge in [-0.3, -0.25) is 4.79 Å². The molecule has 0 spiro atoms. The highest BCUT2D eigenvalue weighted by molar-refractivity contribution is 5.91. The zero-order chi connectivity index (χ0) is 15.2. The number of aryl methyl sites for hydroxylation is 2. The predicted octanol–water partition coefficient (Wildman–Crippen LogP) is 2.07. The molecule has 0 saturated heterocycles. The number of benzene rings is 1. The summed E-state index contributed by atoms with van der Waals surface area (Å²) in [5, 5.41) is 12.5. The van der Waals surface area contributed by atoms with Crippen LogP contribution in [0, 0.1) is 13.8 Å². The molecule has 1 amide bonds. The van der Waals surface area contributed by atoms with Crippen LogP contribution in [-0.4, -0.2) is 30.3 Å². The van der Waals surface area contributed by atoms with E-state index in [0.29, 0.717) is 0 Å². The fourth-order valence-electron chi connectivity index (χ4n) is 1.97. The van der Waals surface area contributed by atoms with E-state index in [0.717, 1.165) is 16.9 Å². The molecule has 0 aliphatic carbocycles. The lowest BCUT2D eigenvalue weighted by Gasteiger charge is -2.15. The number of rotatable bonds is 6. The van der Waals surface area contributed by atoms with Gasteiger partial charge in [0.1, 0.15) is 18.5 Å². The summed E-state index contributed by atoms with van der Waals surface area (Å²) in [4.78, 5) is 11.6. The third-order valence-electron chi connectivity index (χ3n) is 3.07. The van der Waals surface area contributed by atoms with E-state index in [1.165, 1.54) is 6.26 Å². The summed E-state index contributed by atoms with van der Waals surface area (Å²) in [5.74, 6) is 0.637. The van der Waals surface area contributed by atoms with E-state index in [9.17, 15) is 9.90 Å². The Morgan fingerprint density at radius 1 is 1.29 bits per heavy atom. The van der Waals surface area contributed by atoms with Gasteiger partial charge in [-0.1, -0.05) is 18.2 Å². The van der Waals surface area contributed by atoms with Gasteiger partial charge in [-0.15, -0.1) is 0 Å². The van der Waals surface area contributed by atoms with Gasteiger partial charge in [0.2, 0.25) is 0 Å². The second kappa shape index (κ2) is 6.95. The zero-order valence-electron chi connectivity index (χ0n) is 12.1. The monoisotopic (exact) mass is 289 g/mol. The van der Waals surface area contributed by atoms with Crippen LogP contribution in [0.1, 0.15) is 21.7 Å². The molecule has 112 valence electrons. The second-order valence-electron chi connectivity index (χ2n) is 4.87. The molecule has 1 aromatic carbocycles. The topological polar surface area (TPSA) is 71.7 Å². The molecule has 1 unspecified atom stereocenters. The summed E-state index contributed by atoms with van der Waals surface area (Å²) in [6.07, 6.45) is 0.637. The molecule has 0 aliphatic rings. The largest absolute Gasteiger partial charge is 0.490 e. The highest BCUT2D eigenvalue weighted by Crippen LogP contribution is 2.22. The number of ether oxygens (including phenoxy) is 1. The Kier molecular flexibility index (Phi) is 5.00. The van der Waals surface area contributed by atoms with Gasteiger partial charge in [0, 0.05) is 6.54 Å². The van der Waals surface area contributed by atoms with E-state index in [-0.39, 0.29) is 24.8 Å². The highest BCUT2D eigenvalue weighted by Gasteiger charge is 2.12. The summed E-state index contributed by atoms with van der Waals surface area (Å²) in [6.45, 7) is 4.12. The number of para-hydroxylation sites is 1. The van der Waals surface area contributed by atoms with Gasteiger partial charge >= 0.3 is 0 Å². The van der Waals surface area contributed by atoms with Crippen LogP contribution in [-0.2, 0) is 0 Å². The van der Waals surface area contributed by atoms with Crippen molar-refractivity contribution in [2.24, 2.45) is 0 Å². The molecular formula is C16H19NO4. The lowest BCUT2D eigenvalue weighted by Crippen LogP contribution is -2.35. The van der Waals surface area contributed by atoms with Gasteiger partial charge < -0.3 is 19.6 Å². The van der Waals surface area contributed by atoms with E-state index in [4.69, 9.17) is 9.15 Å². The molecule has 21 heavy (non-hydrogen) atoms. The Morgan fingerprint density at radius 2 is 2.00 bits per heavy atom. The summed E-state index contributed by atoms with van der Waals surface area (Å²) in [7, 11) is 0. The standard InChI is InChI=1S/C16H19NO4/c1-11-5-3-6-12(2)15(11)21-10-13(18)9-17-16(19)14-7-4-8-20-14/h3-8,13,18H,9-10H2,1-2H3,(H,17,19). The van der Waals surface area contributed by atoms with Gasteiger partial charge in [0.05, 0.1) is 6.26 Å². The Labute approximate surface area is 123 Å². The van der Waals surface area contributed by atoms with Crippen molar-refractivity contribution in [2.75, 3.05) is 13.2 Å². The number of hydrogen-bond donors (Lipinski definition) is 2. The second-order valence-corrected chi connectivity index (χ2v) is 4.87. The first-order chi connectivity index (χ1) is 10.1. The number of hydrogen-bond acceptors (Lipinski definition) is 4. The number of carbonyl (C=O) groups excluding carboxylic acids is 1. The van der Waals surface area contributed by atoms with Crippen molar-refractivity contribution in [3.8, 4) is 5.75 Å². The van der Waals surface area contributed by atoms with Crippen molar-refractivity contribution in [2.45, 2.75) is 20.0 Å². The molecule has 2 rings (SSSR count). The summed E-state index contributed by atoms with van der Waals surface area (Å²) in [6, 6.07) is 9.06. The quantitative estimate of drug-likeness (QED) is 0.854. The molecule has 1 atom stereocenters. The Balaban J connectivity index is 1.80. The van der Waals surface area contributed by atoms with Crippen LogP contribution in [0.4, 0.5) is 0 Å². The maximum absolute atomic E-state index is 11.6. The van der Waals surface area contributed by atoms with Crippen molar-refractivity contribution >= 4 is 5.91 Å². The van der Waals surface area contributed by atoms with E-state index in [2.05, 4.69) is 5.32 Å². The van der Waals surface area contributed by atoms with Crippen LogP contribution in [0.15, 0.2) is 41.0 Å². The molecule has 0 saturated carbocycles. The Hall–Kier alpha value is -2.27. The molecule has 0 bridgehead atoms. The van der Waals surface area contributed by atoms with Crippen molar-refractivity contribution in [1.29, 1.82) is 0 Å². The van der Waals surface area contributed by atoms with E-state index < -0.39 is 6.10 Å². The first-order valence-electron chi connectivity index (χ1n) is 6.76. The van der Waals surface area contributed by atoms with E-state index in [1.807, 2.05) is 32.0 Å². The molecule has 0 aliphatic heterocycles. The van der Waals surface area contributed by atoms with Gasteiger partial charge in [-0.05, 0) is 37.1 Å². The van der Waals surface area contributed by atoms with Crippen LogP contribution >= 0.6 is 0 Å². The minimum Gasteiger partial charge on any atom is -0.490 e. The van der Waals surface area contributed by atoms with Crippen LogP contribution in [0.25, 0.3) is 0 Å². The minimum absolute atomic E-state index is 0.102. The molecule has 5 heteroatoms. The first kappa shape index (κ1) is 15.1. The normalized spacial score (nSPS) is 12.0. The molecule has 5 nitrogen and oxygen atoms in total. The summed E-state index contributed by atoms with van der Waals surface area (Å²) in [5.41, 5.74) is 2.03. The maximum Gasteiger partial charge on any atom is 0.287 e. The van der Waals surface area contributed by atoms with Crippen molar-refractivity contribution < 1.29 is 19.1 Å². The fraction of sp³-hybridized carbons (Fsp3) is 0.312. The molecule has 0 fully saturated rings. The molecule has 1 heterocycles. The third-order valence-corrected chi connectivity index (χ3v) is 3.07. The van der Waals surface area contributed by atoms with Crippen molar-refractivity contribution in [1.82, 2.24) is 5.32 Å². The number of amides is 1. The smallest absolute Gasteiger partial charge is 0.287 e.